The minimum atomic E-state index is -4.24. The molecule has 4 aromatic rings. The maximum atomic E-state index is 14.8. The third-order valence-electron chi connectivity index (χ3n) is 8.69. The molecule has 0 bridgehead atoms. The second-order valence-corrected chi connectivity index (χ2v) is 14.8. The molecule has 0 aliphatic heterocycles. The first-order valence-corrected chi connectivity index (χ1v) is 18.7. The minimum Gasteiger partial charge on any atom is -0.494 e. The minimum absolute atomic E-state index is 0.00565. The zero-order valence-electron chi connectivity index (χ0n) is 27.6. The van der Waals surface area contributed by atoms with Gasteiger partial charge in [0.05, 0.1) is 17.2 Å². The van der Waals surface area contributed by atoms with Crippen molar-refractivity contribution in [2.75, 3.05) is 17.5 Å². The first-order chi connectivity index (χ1) is 23.6. The van der Waals surface area contributed by atoms with Gasteiger partial charge in [-0.3, -0.25) is 13.9 Å². The monoisotopic (exact) mass is 721 g/mol. The molecule has 1 atom stereocenters. The van der Waals surface area contributed by atoms with E-state index >= 15 is 0 Å². The zero-order valence-corrected chi connectivity index (χ0v) is 30.0. The summed E-state index contributed by atoms with van der Waals surface area (Å²) in [6, 6.07) is 26.5. The molecule has 5 rings (SSSR count). The smallest absolute Gasteiger partial charge is 0.264 e. The van der Waals surface area contributed by atoms with Crippen molar-refractivity contribution in [2.45, 2.75) is 69.5 Å². The van der Waals surface area contributed by atoms with Gasteiger partial charge in [0.1, 0.15) is 18.3 Å². The van der Waals surface area contributed by atoms with Crippen LogP contribution in [0.2, 0.25) is 10.0 Å². The van der Waals surface area contributed by atoms with Crippen molar-refractivity contribution in [3.8, 4) is 5.75 Å². The van der Waals surface area contributed by atoms with Gasteiger partial charge in [-0.1, -0.05) is 90.1 Å². The molecular formula is C38H41Cl2N3O5S. The summed E-state index contributed by atoms with van der Waals surface area (Å²) >= 11 is 13.3. The summed E-state index contributed by atoms with van der Waals surface area (Å²) in [6.07, 6.45) is 3.93. The third kappa shape index (κ3) is 9.15. The summed E-state index contributed by atoms with van der Waals surface area (Å²) in [6.45, 7) is 3.46. The molecule has 0 unspecified atom stereocenters. The van der Waals surface area contributed by atoms with Gasteiger partial charge >= 0.3 is 0 Å². The molecular weight excluding hydrogens is 681 g/mol. The normalized spacial score (nSPS) is 13.9. The largest absolute Gasteiger partial charge is 0.494 e. The summed E-state index contributed by atoms with van der Waals surface area (Å²) in [5.74, 6) is -0.351. The molecule has 1 aliphatic rings. The Morgan fingerprint density at radius 1 is 0.878 bits per heavy atom. The number of aryl methyl sites for hydroxylation is 1. The van der Waals surface area contributed by atoms with Crippen LogP contribution in [0.5, 0.6) is 5.75 Å². The predicted octanol–water partition coefficient (Wildman–Crippen LogP) is 7.59. The van der Waals surface area contributed by atoms with Gasteiger partial charge in [-0.05, 0) is 80.8 Å². The quantitative estimate of drug-likeness (QED) is 0.145. The van der Waals surface area contributed by atoms with Gasteiger partial charge in [-0.2, -0.15) is 0 Å². The van der Waals surface area contributed by atoms with Crippen LogP contribution in [0.15, 0.2) is 102 Å². The summed E-state index contributed by atoms with van der Waals surface area (Å²) < 4.78 is 35.3. The summed E-state index contributed by atoms with van der Waals surface area (Å²) in [5.41, 5.74) is 2.46. The number of rotatable bonds is 14. The van der Waals surface area contributed by atoms with Crippen LogP contribution in [0.4, 0.5) is 5.69 Å². The average Bonchev–Trinajstić information content (AvgIpc) is 3.60. The first kappa shape index (κ1) is 36.2. The Bertz CT molecular complexity index is 1810. The van der Waals surface area contributed by atoms with Crippen LogP contribution in [-0.2, 0) is 32.6 Å². The topological polar surface area (TPSA) is 96.0 Å². The number of nitrogens with one attached hydrogen (secondary N) is 1. The van der Waals surface area contributed by atoms with E-state index < -0.39 is 28.5 Å². The van der Waals surface area contributed by atoms with Crippen LogP contribution in [0.1, 0.15) is 49.3 Å². The number of hydrogen-bond donors (Lipinski definition) is 1. The Labute approximate surface area is 299 Å². The van der Waals surface area contributed by atoms with E-state index in [0.29, 0.717) is 28.0 Å². The van der Waals surface area contributed by atoms with Gasteiger partial charge in [0.25, 0.3) is 10.0 Å². The number of carbonyl (C=O) groups excluding carboxylic acids is 2. The molecule has 0 radical (unpaired) electrons. The molecule has 4 aromatic carbocycles. The van der Waals surface area contributed by atoms with Crippen LogP contribution in [0.3, 0.4) is 0 Å². The molecule has 2 amide bonds. The Kier molecular flexibility index (Phi) is 12.3. The van der Waals surface area contributed by atoms with Crippen molar-refractivity contribution in [3.05, 3.63) is 124 Å². The number of carbonyl (C=O) groups is 2. The van der Waals surface area contributed by atoms with E-state index in [-0.39, 0.29) is 35.5 Å². The van der Waals surface area contributed by atoms with Gasteiger partial charge < -0.3 is 15.0 Å². The van der Waals surface area contributed by atoms with Gasteiger partial charge in [0, 0.05) is 34.6 Å². The van der Waals surface area contributed by atoms with E-state index in [1.54, 1.807) is 54.6 Å². The number of hydrogen-bond acceptors (Lipinski definition) is 5. The number of anilines is 1. The summed E-state index contributed by atoms with van der Waals surface area (Å²) in [7, 11) is -4.24. The lowest BCUT2D eigenvalue weighted by Gasteiger charge is -2.34. The molecule has 0 aromatic heterocycles. The molecule has 1 fully saturated rings. The van der Waals surface area contributed by atoms with Gasteiger partial charge in [0.2, 0.25) is 11.8 Å². The highest BCUT2D eigenvalue weighted by Crippen LogP contribution is 2.30. The number of halogens is 2. The SMILES string of the molecule is CCOc1ccc(N(CC(=O)N(Cc2c(Cl)cccc2Cl)[C@@H](Cc2ccccc2)C(=O)NC2CCCC2)S(=O)(=O)c2ccc(C)cc2)cc1. The van der Waals surface area contributed by atoms with E-state index in [9.17, 15) is 18.0 Å². The van der Waals surface area contributed by atoms with Crippen molar-refractivity contribution in [2.24, 2.45) is 0 Å². The van der Waals surface area contributed by atoms with E-state index in [0.717, 1.165) is 41.1 Å². The van der Waals surface area contributed by atoms with Crippen LogP contribution < -0.4 is 14.4 Å². The Morgan fingerprint density at radius 3 is 2.12 bits per heavy atom. The van der Waals surface area contributed by atoms with Gasteiger partial charge in [0.15, 0.2) is 0 Å². The first-order valence-electron chi connectivity index (χ1n) is 16.5. The van der Waals surface area contributed by atoms with E-state index in [1.165, 1.54) is 17.0 Å². The molecule has 1 N–H and O–H groups in total. The Balaban J connectivity index is 1.59. The average molecular weight is 723 g/mol. The number of sulfonamides is 1. The standard InChI is InChI=1S/C38H41Cl2N3O5S/c1-3-48-31-20-18-30(19-21-31)43(49(46,47)32-22-16-27(2)17-23-32)26-37(44)42(25-33-34(39)14-9-15-35(33)40)36(24-28-10-5-4-6-11-28)38(45)41-29-12-7-8-13-29/h4-6,9-11,14-23,29,36H,3,7-8,12-13,24-26H2,1-2H3,(H,41,45)/t36-/m0/s1. The second kappa shape index (κ2) is 16.6. The third-order valence-corrected chi connectivity index (χ3v) is 11.2. The molecule has 11 heteroatoms. The summed E-state index contributed by atoms with van der Waals surface area (Å²) in [4.78, 5) is 30.4. The lowest BCUT2D eigenvalue weighted by atomic mass is 10.0. The van der Waals surface area contributed by atoms with E-state index in [2.05, 4.69) is 5.32 Å². The zero-order chi connectivity index (χ0) is 35.0. The molecule has 0 spiro atoms. The Hall–Kier alpha value is -4.05. The fourth-order valence-corrected chi connectivity index (χ4v) is 7.95. The molecule has 49 heavy (non-hydrogen) atoms. The predicted molar refractivity (Wildman–Crippen MR) is 195 cm³/mol. The van der Waals surface area contributed by atoms with Gasteiger partial charge in [-0.15, -0.1) is 0 Å². The van der Waals surface area contributed by atoms with Crippen LogP contribution in [0.25, 0.3) is 0 Å². The van der Waals surface area contributed by atoms with Crippen LogP contribution in [-0.4, -0.2) is 50.4 Å². The molecule has 8 nitrogen and oxygen atoms in total. The molecule has 1 saturated carbocycles. The van der Waals surface area contributed by atoms with Crippen molar-refractivity contribution in [1.29, 1.82) is 0 Å². The maximum Gasteiger partial charge on any atom is 0.264 e. The molecule has 0 heterocycles. The van der Waals surface area contributed by atoms with Crippen LogP contribution in [0, 0.1) is 6.92 Å². The van der Waals surface area contributed by atoms with Crippen molar-refractivity contribution in [1.82, 2.24) is 10.2 Å². The lowest BCUT2D eigenvalue weighted by Crippen LogP contribution is -2.54. The number of nitrogens with zero attached hydrogens (tertiary/aromatic N) is 2. The van der Waals surface area contributed by atoms with E-state index in [1.807, 2.05) is 44.2 Å². The van der Waals surface area contributed by atoms with Crippen molar-refractivity contribution < 1.29 is 22.7 Å². The number of benzene rings is 4. The molecule has 258 valence electrons. The number of ether oxygens (including phenoxy) is 1. The molecule has 0 saturated heterocycles. The van der Waals surface area contributed by atoms with Crippen LogP contribution >= 0.6 is 23.2 Å². The van der Waals surface area contributed by atoms with E-state index in [4.69, 9.17) is 27.9 Å². The highest BCUT2D eigenvalue weighted by atomic mass is 35.5. The fraction of sp³-hybridized carbons (Fsp3) is 0.316. The highest BCUT2D eigenvalue weighted by Gasteiger charge is 2.36. The highest BCUT2D eigenvalue weighted by molar-refractivity contribution is 7.92. The lowest BCUT2D eigenvalue weighted by molar-refractivity contribution is -0.140. The Morgan fingerprint density at radius 2 is 1.51 bits per heavy atom. The van der Waals surface area contributed by atoms with Crippen molar-refractivity contribution >= 4 is 50.7 Å². The second-order valence-electron chi connectivity index (χ2n) is 12.2. The molecule has 1 aliphatic carbocycles. The van der Waals surface area contributed by atoms with Crippen molar-refractivity contribution in [3.63, 3.8) is 0 Å². The maximum absolute atomic E-state index is 14.8. The summed E-state index contributed by atoms with van der Waals surface area (Å²) in [5, 5.41) is 3.83. The fourth-order valence-electron chi connectivity index (χ4n) is 6.02. The number of amides is 2. The van der Waals surface area contributed by atoms with Gasteiger partial charge in [-0.25, -0.2) is 8.42 Å².